The molecular formula is C15H21BrFNO2S. The fourth-order valence-electron chi connectivity index (χ4n) is 2.86. The number of rotatable bonds is 4. The molecule has 1 N–H and O–H groups in total. The summed E-state index contributed by atoms with van der Waals surface area (Å²) in [6.45, 7) is 4.23. The minimum Gasteiger partial charge on any atom is -0.212 e. The van der Waals surface area contributed by atoms with Crippen LogP contribution in [0.5, 0.6) is 0 Å². The Labute approximate surface area is 134 Å². The summed E-state index contributed by atoms with van der Waals surface area (Å²) in [5, 5.41) is 0. The molecule has 118 valence electrons. The van der Waals surface area contributed by atoms with Crippen molar-refractivity contribution in [3.05, 3.63) is 34.1 Å². The topological polar surface area (TPSA) is 46.2 Å². The van der Waals surface area contributed by atoms with E-state index >= 15 is 0 Å². The molecule has 0 heterocycles. The van der Waals surface area contributed by atoms with Gasteiger partial charge in [-0.05, 0) is 30.4 Å². The van der Waals surface area contributed by atoms with E-state index in [1.165, 1.54) is 12.1 Å². The van der Waals surface area contributed by atoms with Gasteiger partial charge in [0.25, 0.3) is 0 Å². The molecule has 0 saturated heterocycles. The molecule has 1 aromatic carbocycles. The minimum absolute atomic E-state index is 0.0442. The van der Waals surface area contributed by atoms with Gasteiger partial charge >= 0.3 is 0 Å². The van der Waals surface area contributed by atoms with Crippen molar-refractivity contribution in [1.29, 1.82) is 0 Å². The predicted octanol–water partition coefficient (Wildman–Crippen LogP) is 3.83. The Kier molecular flexibility index (Phi) is 5.43. The van der Waals surface area contributed by atoms with Crippen LogP contribution in [0.15, 0.2) is 22.7 Å². The van der Waals surface area contributed by atoms with Gasteiger partial charge in [-0.1, -0.05) is 48.7 Å². The number of hydrogen-bond donors (Lipinski definition) is 1. The summed E-state index contributed by atoms with van der Waals surface area (Å²) in [6.07, 6.45) is 3.03. The number of nitrogens with one attached hydrogen (secondary N) is 1. The van der Waals surface area contributed by atoms with Crippen molar-refractivity contribution in [3.8, 4) is 0 Å². The highest BCUT2D eigenvalue weighted by atomic mass is 79.9. The summed E-state index contributed by atoms with van der Waals surface area (Å²) >= 11 is 3.16. The Morgan fingerprint density at radius 1 is 1.33 bits per heavy atom. The molecule has 0 aromatic heterocycles. The maximum Gasteiger partial charge on any atom is 0.216 e. The average Bonchev–Trinajstić information content (AvgIpc) is 2.38. The molecule has 0 amide bonds. The van der Waals surface area contributed by atoms with Crippen LogP contribution in [0, 0.1) is 17.7 Å². The van der Waals surface area contributed by atoms with Crippen molar-refractivity contribution in [3.63, 3.8) is 0 Å². The number of hydrogen-bond acceptors (Lipinski definition) is 2. The highest BCUT2D eigenvalue weighted by Crippen LogP contribution is 2.30. The molecule has 0 bridgehead atoms. The molecule has 1 saturated carbocycles. The molecule has 0 spiro atoms. The van der Waals surface area contributed by atoms with Gasteiger partial charge in [0.15, 0.2) is 0 Å². The summed E-state index contributed by atoms with van der Waals surface area (Å²) in [6, 6.07) is 4.40. The Morgan fingerprint density at radius 2 is 2.05 bits per heavy atom. The molecule has 6 heteroatoms. The molecule has 1 fully saturated rings. The molecule has 3 atom stereocenters. The van der Waals surface area contributed by atoms with E-state index in [0.29, 0.717) is 16.3 Å². The Bertz CT molecular complexity index is 606. The molecule has 21 heavy (non-hydrogen) atoms. The van der Waals surface area contributed by atoms with E-state index in [9.17, 15) is 12.8 Å². The van der Waals surface area contributed by atoms with Crippen LogP contribution in [0.4, 0.5) is 4.39 Å². The molecule has 0 radical (unpaired) electrons. The summed E-state index contributed by atoms with van der Waals surface area (Å²) in [5.74, 6) is 0.00273. The van der Waals surface area contributed by atoms with Crippen LogP contribution in [0.25, 0.3) is 0 Å². The van der Waals surface area contributed by atoms with E-state index in [2.05, 4.69) is 34.5 Å². The van der Waals surface area contributed by atoms with E-state index in [4.69, 9.17) is 0 Å². The summed E-state index contributed by atoms with van der Waals surface area (Å²) in [7, 11) is -3.53. The average molecular weight is 378 g/mol. The highest BCUT2D eigenvalue weighted by molar-refractivity contribution is 9.10. The van der Waals surface area contributed by atoms with Crippen molar-refractivity contribution < 1.29 is 12.8 Å². The summed E-state index contributed by atoms with van der Waals surface area (Å²) < 4.78 is 41.7. The monoisotopic (exact) mass is 377 g/mol. The Morgan fingerprint density at radius 3 is 2.71 bits per heavy atom. The van der Waals surface area contributed by atoms with Gasteiger partial charge in [-0.3, -0.25) is 0 Å². The van der Waals surface area contributed by atoms with Crippen molar-refractivity contribution in [1.82, 2.24) is 4.72 Å². The molecule has 2 rings (SSSR count). The standard InChI is InChI=1S/C15H21BrFNO2S/c1-10-4-3-5-15(11(10)2)18-21(19,20)9-12-6-7-13(16)8-14(12)17/h6-8,10-11,15,18H,3-5,9H2,1-2H3/t10-,11+,15+/m1/s1. The zero-order valence-corrected chi connectivity index (χ0v) is 14.7. The molecular weight excluding hydrogens is 357 g/mol. The van der Waals surface area contributed by atoms with Gasteiger partial charge in [0.1, 0.15) is 5.82 Å². The number of benzene rings is 1. The fourth-order valence-corrected chi connectivity index (χ4v) is 4.72. The van der Waals surface area contributed by atoms with E-state index in [1.54, 1.807) is 6.07 Å². The van der Waals surface area contributed by atoms with Gasteiger partial charge in [0, 0.05) is 16.1 Å². The third kappa shape index (κ3) is 4.50. The minimum atomic E-state index is -3.53. The molecule has 1 aliphatic rings. The lowest BCUT2D eigenvalue weighted by atomic mass is 9.78. The second kappa shape index (κ2) is 6.75. The molecule has 1 aromatic rings. The van der Waals surface area contributed by atoms with Crippen LogP contribution in [-0.2, 0) is 15.8 Å². The quantitative estimate of drug-likeness (QED) is 0.866. The van der Waals surface area contributed by atoms with Gasteiger partial charge in [-0.25, -0.2) is 17.5 Å². The van der Waals surface area contributed by atoms with Crippen LogP contribution in [0.3, 0.4) is 0 Å². The number of sulfonamides is 1. The molecule has 3 nitrogen and oxygen atoms in total. The summed E-state index contributed by atoms with van der Waals surface area (Å²) in [5.41, 5.74) is 0.196. The van der Waals surface area contributed by atoms with Gasteiger partial charge in [-0.2, -0.15) is 0 Å². The zero-order valence-electron chi connectivity index (χ0n) is 12.3. The van der Waals surface area contributed by atoms with Gasteiger partial charge < -0.3 is 0 Å². The van der Waals surface area contributed by atoms with Crippen LogP contribution in [-0.4, -0.2) is 14.5 Å². The lowest BCUT2D eigenvalue weighted by Crippen LogP contribution is -2.44. The second-order valence-electron chi connectivity index (χ2n) is 5.99. The first kappa shape index (κ1) is 16.9. The van der Waals surface area contributed by atoms with Crippen molar-refractivity contribution >= 4 is 26.0 Å². The first-order chi connectivity index (χ1) is 9.78. The molecule has 1 aliphatic carbocycles. The molecule has 0 aliphatic heterocycles. The van der Waals surface area contributed by atoms with Gasteiger partial charge in [0.2, 0.25) is 10.0 Å². The van der Waals surface area contributed by atoms with Gasteiger partial charge in [0.05, 0.1) is 5.75 Å². The smallest absolute Gasteiger partial charge is 0.212 e. The normalized spacial score (nSPS) is 26.8. The van der Waals surface area contributed by atoms with Crippen LogP contribution in [0.2, 0.25) is 0 Å². The first-order valence-corrected chi connectivity index (χ1v) is 9.67. The number of halogens is 2. The van der Waals surface area contributed by atoms with Crippen LogP contribution in [0.1, 0.15) is 38.7 Å². The largest absolute Gasteiger partial charge is 0.216 e. The highest BCUT2D eigenvalue weighted by Gasteiger charge is 2.30. The maximum atomic E-state index is 13.8. The second-order valence-corrected chi connectivity index (χ2v) is 8.66. The Balaban J connectivity index is 2.08. The van der Waals surface area contributed by atoms with E-state index in [-0.39, 0.29) is 17.4 Å². The van der Waals surface area contributed by atoms with Crippen molar-refractivity contribution in [2.75, 3.05) is 0 Å². The fraction of sp³-hybridized carbons (Fsp3) is 0.600. The lowest BCUT2D eigenvalue weighted by Gasteiger charge is -2.34. The first-order valence-electron chi connectivity index (χ1n) is 7.22. The van der Waals surface area contributed by atoms with Crippen LogP contribution < -0.4 is 4.72 Å². The third-order valence-corrected chi connectivity index (χ3v) is 6.24. The van der Waals surface area contributed by atoms with Crippen molar-refractivity contribution in [2.24, 2.45) is 11.8 Å². The van der Waals surface area contributed by atoms with Crippen molar-refractivity contribution in [2.45, 2.75) is 44.9 Å². The third-order valence-electron chi connectivity index (χ3n) is 4.40. The van der Waals surface area contributed by atoms with E-state index in [0.717, 1.165) is 19.3 Å². The van der Waals surface area contributed by atoms with E-state index in [1.807, 2.05) is 0 Å². The predicted molar refractivity (Wildman–Crippen MR) is 85.8 cm³/mol. The SMILES string of the molecule is C[C@H]1[C@H](C)CCC[C@@H]1NS(=O)(=O)Cc1ccc(Br)cc1F. The van der Waals surface area contributed by atoms with Crippen LogP contribution >= 0.6 is 15.9 Å². The Hall–Kier alpha value is -0.460. The maximum absolute atomic E-state index is 13.8. The zero-order chi connectivity index (χ0) is 15.6. The van der Waals surface area contributed by atoms with Gasteiger partial charge in [-0.15, -0.1) is 0 Å². The van der Waals surface area contributed by atoms with E-state index < -0.39 is 15.8 Å². The molecule has 0 unspecified atom stereocenters. The lowest BCUT2D eigenvalue weighted by molar-refractivity contribution is 0.227. The summed E-state index contributed by atoms with van der Waals surface area (Å²) in [4.78, 5) is 0.